The minimum absolute atomic E-state index is 0.0531. The molecule has 0 saturated carbocycles. The molecule has 2 aromatic carbocycles. The van der Waals surface area contributed by atoms with Crippen molar-refractivity contribution in [2.24, 2.45) is 0 Å². The van der Waals surface area contributed by atoms with Crippen molar-refractivity contribution in [1.29, 1.82) is 0 Å². The molecule has 7 nitrogen and oxygen atoms in total. The first kappa shape index (κ1) is 24.1. The average molecular weight is 430 g/mol. The molecule has 0 saturated heterocycles. The first-order valence-electron chi connectivity index (χ1n) is 10.5. The number of carbonyl (C=O) groups is 2. The van der Waals surface area contributed by atoms with Gasteiger partial charge in [-0.15, -0.1) is 0 Å². The number of para-hydroxylation sites is 1. The summed E-state index contributed by atoms with van der Waals surface area (Å²) in [5, 5.41) is 28.8. The van der Waals surface area contributed by atoms with Crippen LogP contribution in [-0.2, 0) is 17.6 Å². The van der Waals surface area contributed by atoms with Gasteiger partial charge in [0.1, 0.15) is 11.3 Å². The normalized spacial score (nSPS) is 10.6. The van der Waals surface area contributed by atoms with Gasteiger partial charge in [0.25, 0.3) is 0 Å². The summed E-state index contributed by atoms with van der Waals surface area (Å²) in [6.07, 6.45) is 5.51. The number of carboxylic acids is 1. The molecule has 0 aliphatic rings. The molecule has 0 heterocycles. The van der Waals surface area contributed by atoms with Gasteiger partial charge in [-0.25, -0.2) is 4.79 Å². The molecule has 0 unspecified atom stereocenters. The van der Waals surface area contributed by atoms with E-state index in [1.54, 1.807) is 18.2 Å². The standard InChI is InChI=1S/C24H30O7/c1-3-9-18-21(14-13-19(24(28)29)23(18)31-16(2)25)30-15-7-5-4-6-10-17-11-8-12-20(26)22(17)27/h8,11-14,26-27H,3-7,9-10,15H2,1-2H3,(H,28,29). The Bertz CT molecular complexity index is 905. The van der Waals surface area contributed by atoms with E-state index < -0.39 is 11.9 Å². The van der Waals surface area contributed by atoms with Gasteiger partial charge in [-0.05, 0) is 49.4 Å². The largest absolute Gasteiger partial charge is 0.504 e. The van der Waals surface area contributed by atoms with E-state index in [9.17, 15) is 24.9 Å². The number of phenolic OH excluding ortho intramolecular Hbond substituents is 2. The van der Waals surface area contributed by atoms with E-state index in [4.69, 9.17) is 9.47 Å². The molecule has 3 N–H and O–H groups in total. The van der Waals surface area contributed by atoms with Gasteiger partial charge < -0.3 is 24.8 Å². The van der Waals surface area contributed by atoms with Crippen LogP contribution in [0.3, 0.4) is 0 Å². The van der Waals surface area contributed by atoms with Crippen molar-refractivity contribution in [2.45, 2.75) is 58.8 Å². The minimum Gasteiger partial charge on any atom is -0.504 e. The molecule has 31 heavy (non-hydrogen) atoms. The highest BCUT2D eigenvalue weighted by Gasteiger charge is 2.21. The predicted molar refractivity (Wildman–Crippen MR) is 116 cm³/mol. The summed E-state index contributed by atoms with van der Waals surface area (Å²) < 4.78 is 11.1. The molecule has 0 aliphatic carbocycles. The van der Waals surface area contributed by atoms with E-state index in [-0.39, 0.29) is 22.8 Å². The molecule has 0 bridgehead atoms. The highest BCUT2D eigenvalue weighted by molar-refractivity contribution is 5.93. The summed E-state index contributed by atoms with van der Waals surface area (Å²) in [5.74, 6) is -1.29. The zero-order chi connectivity index (χ0) is 22.8. The number of phenols is 2. The highest BCUT2D eigenvalue weighted by atomic mass is 16.5. The van der Waals surface area contributed by atoms with E-state index in [1.165, 1.54) is 19.1 Å². The van der Waals surface area contributed by atoms with E-state index in [2.05, 4.69) is 0 Å². The van der Waals surface area contributed by atoms with Gasteiger partial charge in [0.05, 0.1) is 6.61 Å². The van der Waals surface area contributed by atoms with Crippen molar-refractivity contribution in [3.63, 3.8) is 0 Å². The number of aromatic hydroxyl groups is 2. The third-order valence-corrected chi connectivity index (χ3v) is 4.89. The van der Waals surface area contributed by atoms with E-state index in [1.807, 2.05) is 6.92 Å². The second kappa shape index (κ2) is 11.8. The average Bonchev–Trinajstić information content (AvgIpc) is 2.71. The fourth-order valence-corrected chi connectivity index (χ4v) is 3.39. The monoisotopic (exact) mass is 430 g/mol. The van der Waals surface area contributed by atoms with Crippen molar-refractivity contribution in [3.8, 4) is 23.0 Å². The molecule has 2 aromatic rings. The quantitative estimate of drug-likeness (QED) is 0.191. The number of hydrogen-bond donors (Lipinski definition) is 3. The first-order chi connectivity index (χ1) is 14.8. The van der Waals surface area contributed by atoms with Crippen LogP contribution in [0.5, 0.6) is 23.0 Å². The molecule has 7 heteroatoms. The Balaban J connectivity index is 1.90. The maximum atomic E-state index is 11.5. The Hall–Kier alpha value is -3.22. The summed E-state index contributed by atoms with van der Waals surface area (Å²) in [6, 6.07) is 7.99. The smallest absolute Gasteiger partial charge is 0.339 e. The van der Waals surface area contributed by atoms with Gasteiger partial charge in [-0.2, -0.15) is 0 Å². The second-order valence-electron chi connectivity index (χ2n) is 7.37. The number of rotatable bonds is 12. The summed E-state index contributed by atoms with van der Waals surface area (Å²) in [6.45, 7) is 3.66. The molecule has 0 amide bonds. The lowest BCUT2D eigenvalue weighted by atomic mass is 10.0. The van der Waals surface area contributed by atoms with Crippen molar-refractivity contribution in [3.05, 3.63) is 47.0 Å². The number of benzene rings is 2. The van der Waals surface area contributed by atoms with Crippen LogP contribution in [0, 0.1) is 0 Å². The van der Waals surface area contributed by atoms with Crippen molar-refractivity contribution >= 4 is 11.9 Å². The molecular formula is C24H30O7. The molecule has 2 rings (SSSR count). The molecule has 0 aliphatic heterocycles. The van der Waals surface area contributed by atoms with Gasteiger partial charge >= 0.3 is 11.9 Å². The summed E-state index contributed by atoms with van der Waals surface area (Å²) in [5.41, 5.74) is 1.27. The van der Waals surface area contributed by atoms with Crippen LogP contribution in [0.1, 0.15) is 67.4 Å². The van der Waals surface area contributed by atoms with Gasteiger partial charge in [0, 0.05) is 12.5 Å². The van der Waals surface area contributed by atoms with Gasteiger partial charge in [0.2, 0.25) is 0 Å². The number of esters is 1. The zero-order valence-electron chi connectivity index (χ0n) is 18.0. The van der Waals surface area contributed by atoms with Crippen molar-refractivity contribution in [1.82, 2.24) is 0 Å². The number of carboxylic acid groups (broad SMARTS) is 1. The fraction of sp³-hybridized carbons (Fsp3) is 0.417. The van der Waals surface area contributed by atoms with Gasteiger partial charge in [0.15, 0.2) is 17.2 Å². The van der Waals surface area contributed by atoms with Crippen LogP contribution in [-0.4, -0.2) is 33.9 Å². The maximum Gasteiger partial charge on any atom is 0.339 e. The predicted octanol–water partition coefficient (Wildman–Crippen LogP) is 4.86. The lowest BCUT2D eigenvalue weighted by molar-refractivity contribution is -0.131. The van der Waals surface area contributed by atoms with Crippen LogP contribution in [0.2, 0.25) is 0 Å². The number of carbonyl (C=O) groups excluding carboxylic acids is 1. The maximum absolute atomic E-state index is 11.5. The third-order valence-electron chi connectivity index (χ3n) is 4.89. The summed E-state index contributed by atoms with van der Waals surface area (Å²) in [4.78, 5) is 23.0. The van der Waals surface area contributed by atoms with E-state index >= 15 is 0 Å². The Morgan fingerprint density at radius 2 is 1.71 bits per heavy atom. The Kier molecular flexibility index (Phi) is 9.18. The van der Waals surface area contributed by atoms with Gasteiger partial charge in [-0.3, -0.25) is 4.79 Å². The van der Waals surface area contributed by atoms with Crippen LogP contribution in [0.25, 0.3) is 0 Å². The Morgan fingerprint density at radius 3 is 2.39 bits per heavy atom. The van der Waals surface area contributed by atoms with Crippen LogP contribution in [0.15, 0.2) is 30.3 Å². The number of unbranched alkanes of at least 4 members (excludes halogenated alkanes) is 3. The second-order valence-corrected chi connectivity index (χ2v) is 7.37. The van der Waals surface area contributed by atoms with Crippen molar-refractivity contribution < 1.29 is 34.4 Å². The Morgan fingerprint density at radius 1 is 0.968 bits per heavy atom. The fourth-order valence-electron chi connectivity index (χ4n) is 3.39. The molecule has 0 aromatic heterocycles. The first-order valence-corrected chi connectivity index (χ1v) is 10.5. The molecule has 168 valence electrons. The van der Waals surface area contributed by atoms with Gasteiger partial charge in [-0.1, -0.05) is 38.3 Å². The lowest BCUT2D eigenvalue weighted by Crippen LogP contribution is -2.11. The summed E-state index contributed by atoms with van der Waals surface area (Å²) in [7, 11) is 0. The minimum atomic E-state index is -1.15. The molecule has 0 fully saturated rings. The third kappa shape index (κ3) is 6.91. The zero-order valence-corrected chi connectivity index (χ0v) is 18.0. The lowest BCUT2D eigenvalue weighted by Gasteiger charge is -2.16. The van der Waals surface area contributed by atoms with Crippen molar-refractivity contribution in [2.75, 3.05) is 6.61 Å². The SMILES string of the molecule is CCCc1c(OCCCCCCc2cccc(O)c2O)ccc(C(=O)O)c1OC(C)=O. The van der Waals surface area contributed by atoms with Crippen LogP contribution in [0.4, 0.5) is 0 Å². The Labute approximate surface area is 182 Å². The van der Waals surface area contributed by atoms with E-state index in [0.29, 0.717) is 30.8 Å². The van der Waals surface area contributed by atoms with Crippen LogP contribution >= 0.6 is 0 Å². The molecule has 0 atom stereocenters. The molecule has 0 spiro atoms. The number of ether oxygens (including phenoxy) is 2. The molecular weight excluding hydrogens is 400 g/mol. The molecule has 0 radical (unpaired) electrons. The number of aryl methyl sites for hydroxylation is 1. The van der Waals surface area contributed by atoms with Crippen LogP contribution < -0.4 is 9.47 Å². The van der Waals surface area contributed by atoms with E-state index in [0.717, 1.165) is 37.7 Å². The number of aromatic carboxylic acids is 1. The number of hydrogen-bond acceptors (Lipinski definition) is 6. The topological polar surface area (TPSA) is 113 Å². The summed E-state index contributed by atoms with van der Waals surface area (Å²) >= 11 is 0. The highest BCUT2D eigenvalue weighted by Crippen LogP contribution is 2.34.